The van der Waals surface area contributed by atoms with Crippen LogP contribution in [-0.4, -0.2) is 20.4 Å². The van der Waals surface area contributed by atoms with Crippen molar-refractivity contribution in [2.45, 2.75) is 26.2 Å². The monoisotopic (exact) mass is 1380 g/mol. The SMILES string of the molecule is F[P-](F)(F)(F)(F)F.F[P-](F)(F)(F)(F)F.Oc1c2cc3ccccc3c1-c1c(O)c(cc3ccccc13)C[n+]1ccc(cc1)-c1cc[n+](cc1)Cc1cc3ccccc3c(c1O)-c1c(O)c(cc3ccccc13)C[n+]1ccc(cc1)-c1cc[n+](cc1)C2.[Br-].[Br-]. The van der Waals surface area contributed by atoms with Crippen molar-refractivity contribution in [1.29, 1.82) is 0 Å². The number of rotatable bonds is 0. The van der Waals surface area contributed by atoms with E-state index in [2.05, 4.69) is 91.1 Å². The second-order valence-electron chi connectivity index (χ2n) is 20.9. The van der Waals surface area contributed by atoms with Crippen LogP contribution >= 0.6 is 15.6 Å². The Hall–Kier alpha value is -8.42. The molecule has 0 saturated carbocycles. The normalized spacial score (nSPS) is 13.9. The van der Waals surface area contributed by atoms with Gasteiger partial charge in [0.15, 0.2) is 75.8 Å². The zero-order valence-electron chi connectivity index (χ0n) is 45.4. The van der Waals surface area contributed by atoms with E-state index in [0.29, 0.717) is 48.4 Å². The van der Waals surface area contributed by atoms with Gasteiger partial charge in [-0.25, -0.2) is 18.3 Å². The molecule has 456 valence electrons. The third-order valence-corrected chi connectivity index (χ3v) is 14.5. The third-order valence-electron chi connectivity index (χ3n) is 14.5. The number of phenolic OH excluding ortho intramolecular Hbond substituents is 4. The molecule has 24 heteroatoms. The molecule has 0 aliphatic carbocycles. The van der Waals surface area contributed by atoms with Gasteiger partial charge < -0.3 is 54.4 Å². The Kier molecular flexibility index (Phi) is 16.2. The van der Waals surface area contributed by atoms with E-state index >= 15 is 0 Å². The Morgan fingerprint density at radius 1 is 0.261 bits per heavy atom. The molecule has 0 saturated heterocycles. The van der Waals surface area contributed by atoms with Gasteiger partial charge in [0.1, 0.15) is 23.0 Å². The maximum Gasteiger partial charge on any atom is 0.177 e. The molecule has 88 heavy (non-hydrogen) atoms. The first-order valence-corrected chi connectivity index (χ1v) is 30.3. The molecular weight excluding hydrogens is 1340 g/mol. The van der Waals surface area contributed by atoms with E-state index in [1.807, 2.05) is 147 Å². The van der Waals surface area contributed by atoms with Gasteiger partial charge in [0.05, 0.1) is 22.3 Å². The van der Waals surface area contributed by atoms with Gasteiger partial charge in [0, 0.05) is 70.8 Å². The number of phenols is 4. The molecule has 8 aromatic carbocycles. The first-order valence-electron chi connectivity index (χ1n) is 26.3. The molecule has 11 heterocycles. The first kappa shape index (κ1) is 64.1. The Morgan fingerprint density at radius 3 is 0.591 bits per heavy atom. The molecule has 4 N–H and O–H groups in total. The molecular formula is C64H48Br2F12N4O4P2. The van der Waals surface area contributed by atoms with Gasteiger partial charge in [-0.15, -0.1) is 0 Å². The van der Waals surface area contributed by atoms with Crippen LogP contribution in [0.1, 0.15) is 22.3 Å². The van der Waals surface area contributed by atoms with Crippen LogP contribution in [0.5, 0.6) is 23.0 Å². The van der Waals surface area contributed by atoms with Crippen LogP contribution < -0.4 is 52.2 Å². The topological polar surface area (TPSA) is 96.4 Å². The summed E-state index contributed by atoms with van der Waals surface area (Å²) in [6.45, 7) is 1.59. The second kappa shape index (κ2) is 22.3. The van der Waals surface area contributed by atoms with E-state index in [4.69, 9.17) is 0 Å². The Morgan fingerprint density at radius 2 is 0.420 bits per heavy atom. The number of fused-ring (bicyclic) bond motifs is 4. The summed E-state index contributed by atoms with van der Waals surface area (Å²) in [4.78, 5) is 0. The summed E-state index contributed by atoms with van der Waals surface area (Å²) in [5.74, 6) is 0.520. The van der Waals surface area contributed by atoms with Crippen LogP contribution in [0.25, 0.3) is 87.6 Å². The summed E-state index contributed by atoms with van der Waals surface area (Å²) in [5, 5.41) is 57.0. The summed E-state index contributed by atoms with van der Waals surface area (Å²) in [5.41, 5.74) is 9.45. The van der Waals surface area contributed by atoms with Crippen molar-refractivity contribution in [1.82, 2.24) is 0 Å². The van der Waals surface area contributed by atoms with Crippen LogP contribution in [-0.2, 0) is 26.2 Å². The van der Waals surface area contributed by atoms with Crippen molar-refractivity contribution in [3.05, 3.63) is 242 Å². The molecule has 7 aliphatic heterocycles. The van der Waals surface area contributed by atoms with E-state index < -0.39 is 15.6 Å². The molecule has 12 aromatic rings. The minimum absolute atomic E-state index is 0. The van der Waals surface area contributed by atoms with Gasteiger partial charge in [-0.2, -0.15) is 0 Å². The number of halogens is 14. The predicted molar refractivity (Wildman–Crippen MR) is 309 cm³/mol. The minimum Gasteiger partial charge on any atom is -1.00 e. The molecule has 8 nitrogen and oxygen atoms in total. The Bertz CT molecular complexity index is 4080. The van der Waals surface area contributed by atoms with Crippen molar-refractivity contribution >= 4 is 58.7 Å². The van der Waals surface area contributed by atoms with Gasteiger partial charge in [-0.1, -0.05) is 97.1 Å². The van der Waals surface area contributed by atoms with Gasteiger partial charge >= 0.3 is 66.0 Å². The van der Waals surface area contributed by atoms with Crippen molar-refractivity contribution in [2.75, 3.05) is 0 Å². The number of nitrogens with zero attached hydrogens (tertiary/aromatic N) is 4. The molecule has 16 bridgehead atoms. The van der Waals surface area contributed by atoms with Crippen molar-refractivity contribution in [3.8, 4) is 67.5 Å². The Balaban J connectivity index is 0.000000518. The van der Waals surface area contributed by atoms with E-state index in [0.717, 1.165) is 87.6 Å². The molecule has 0 atom stereocenters. The molecule has 19 rings (SSSR count). The zero-order chi connectivity index (χ0) is 61.3. The maximum atomic E-state index is 12.4. The minimum atomic E-state index is -10.7. The van der Waals surface area contributed by atoms with E-state index in [-0.39, 0.29) is 57.0 Å². The van der Waals surface area contributed by atoms with Crippen molar-refractivity contribution < 1.29 is 123 Å². The molecule has 0 radical (unpaired) electrons. The number of pyridine rings is 4. The van der Waals surface area contributed by atoms with Gasteiger partial charge in [-0.05, 0) is 89.6 Å². The smallest absolute Gasteiger partial charge is 0.177 e. The van der Waals surface area contributed by atoms with Crippen molar-refractivity contribution in [3.63, 3.8) is 0 Å². The summed E-state index contributed by atoms with van der Waals surface area (Å²) in [7, 11) is -21.3. The summed E-state index contributed by atoms with van der Waals surface area (Å²) < 4.78 is 127. The average Bonchev–Trinajstić information content (AvgIpc) is 0.797. The molecule has 0 fully saturated rings. The largest absolute Gasteiger partial charge is 1.00 e. The number of hydrogen-bond donors (Lipinski definition) is 4. The molecule has 7 aliphatic rings. The van der Waals surface area contributed by atoms with E-state index in [1.54, 1.807) is 0 Å². The third kappa shape index (κ3) is 15.5. The summed E-state index contributed by atoms with van der Waals surface area (Å²) in [6, 6.07) is 57.0. The maximum absolute atomic E-state index is 12.4. The fraction of sp³-hybridized carbons (Fsp3) is 0.0625. The van der Waals surface area contributed by atoms with Gasteiger partial charge in [-0.3, -0.25) is 0 Å². The standard InChI is InChI=1S/C64H44N4O4.2BrH.2F6P/c69-61-49-33-45-9-1-5-13-53(45)57(61)58-54-14-6-2-10-46(54)34-50(62(58)70)38-66-27-19-43(20-28-66)44-23-31-68(32-24-44)40-52-36-48-12-4-8-16-56(48)60(64(52)72)59-55-15-7-3-11-47(55)35-51(63(59)71)39-67-29-21-42(22-30-67)41-17-25-65(37-49)26-18-41;;;2*1-7(2,3,4,5)6/h1-36H,37-40H2;2*1H;;/q;;;2*-1/p+2. The summed E-state index contributed by atoms with van der Waals surface area (Å²) in [6.07, 6.45) is 16.2. The van der Waals surface area contributed by atoms with Crippen LogP contribution in [0.4, 0.5) is 50.4 Å². The van der Waals surface area contributed by atoms with Crippen LogP contribution in [0, 0.1) is 0 Å². The Labute approximate surface area is 514 Å². The number of aromatic hydroxyl groups is 4. The quantitative estimate of drug-likeness (QED) is 0.0691. The number of aromatic nitrogens is 4. The van der Waals surface area contributed by atoms with Crippen LogP contribution in [0.2, 0.25) is 0 Å². The number of hydrogen-bond acceptors (Lipinski definition) is 4. The number of benzene rings is 8. The molecule has 0 unspecified atom stereocenters. The second-order valence-corrected chi connectivity index (χ2v) is 24.7. The first-order chi connectivity index (χ1) is 40.2. The fourth-order valence-corrected chi connectivity index (χ4v) is 10.9. The molecule has 0 amide bonds. The van der Waals surface area contributed by atoms with E-state index in [1.165, 1.54) is 0 Å². The average molecular weight is 1390 g/mol. The fourth-order valence-electron chi connectivity index (χ4n) is 10.9. The van der Waals surface area contributed by atoms with E-state index in [9.17, 15) is 70.8 Å². The van der Waals surface area contributed by atoms with Crippen molar-refractivity contribution in [2.24, 2.45) is 0 Å². The van der Waals surface area contributed by atoms with Gasteiger partial charge in [0.2, 0.25) is 0 Å². The molecule has 0 spiro atoms. The molecule has 4 aromatic heterocycles. The predicted octanol–water partition coefficient (Wildman–Crippen LogP) is 12.2. The summed E-state index contributed by atoms with van der Waals surface area (Å²) >= 11 is 0. The van der Waals surface area contributed by atoms with Crippen LogP contribution in [0.15, 0.2) is 219 Å². The zero-order valence-corrected chi connectivity index (χ0v) is 50.3. The van der Waals surface area contributed by atoms with Gasteiger partial charge in [0.25, 0.3) is 0 Å². The van der Waals surface area contributed by atoms with Crippen LogP contribution in [0.3, 0.4) is 0 Å².